The fraction of sp³-hybridized carbons (Fsp3) is 0.588. The van der Waals surface area contributed by atoms with Crippen molar-refractivity contribution >= 4 is 21.6 Å². The largest absolute Gasteiger partial charge is 0.349 e. The quantitative estimate of drug-likeness (QED) is 0.863. The minimum Gasteiger partial charge on any atom is -0.349 e. The summed E-state index contributed by atoms with van der Waals surface area (Å²) in [6.45, 7) is 0.496. The van der Waals surface area contributed by atoms with Gasteiger partial charge in [0.25, 0.3) is 5.91 Å². The number of rotatable bonds is 3. The third kappa shape index (κ3) is 3.86. The summed E-state index contributed by atoms with van der Waals surface area (Å²) in [5.41, 5.74) is 1.13. The van der Waals surface area contributed by atoms with Gasteiger partial charge in [-0.1, -0.05) is 31.7 Å². The minimum atomic E-state index is -3.21. The molecule has 2 aliphatic rings. The number of amides is 1. The Bertz CT molecular complexity index is 664. The summed E-state index contributed by atoms with van der Waals surface area (Å²) in [6.07, 6.45) is 7.52. The number of hydrogen-bond acceptors (Lipinski definition) is 3. The van der Waals surface area contributed by atoms with Crippen LogP contribution < -0.4 is 9.62 Å². The first-order valence-corrected chi connectivity index (χ1v) is 10.1. The van der Waals surface area contributed by atoms with E-state index in [9.17, 15) is 13.2 Å². The molecule has 6 heteroatoms. The number of anilines is 1. The monoisotopic (exact) mass is 336 g/mol. The molecule has 1 aliphatic carbocycles. The molecule has 0 bridgehead atoms. The highest BCUT2D eigenvalue weighted by atomic mass is 32.2. The maximum atomic E-state index is 12.5. The second-order valence-electron chi connectivity index (χ2n) is 6.45. The Morgan fingerprint density at radius 2 is 1.83 bits per heavy atom. The van der Waals surface area contributed by atoms with E-state index in [-0.39, 0.29) is 17.7 Å². The van der Waals surface area contributed by atoms with Gasteiger partial charge in [-0.25, -0.2) is 8.42 Å². The van der Waals surface area contributed by atoms with Crippen molar-refractivity contribution in [2.24, 2.45) is 0 Å². The highest BCUT2D eigenvalue weighted by Gasteiger charge is 2.28. The van der Waals surface area contributed by atoms with Crippen LogP contribution in [0.25, 0.3) is 0 Å². The molecule has 1 heterocycles. The van der Waals surface area contributed by atoms with Gasteiger partial charge in [-0.05, 0) is 37.5 Å². The lowest BCUT2D eigenvalue weighted by atomic mass is 10.1. The first-order valence-electron chi connectivity index (χ1n) is 8.48. The average molecular weight is 336 g/mol. The Morgan fingerprint density at radius 3 is 2.48 bits per heavy atom. The minimum absolute atomic E-state index is 0.102. The molecule has 1 amide bonds. The van der Waals surface area contributed by atoms with Crippen molar-refractivity contribution in [2.45, 2.75) is 51.0 Å². The van der Waals surface area contributed by atoms with E-state index in [2.05, 4.69) is 5.32 Å². The summed E-state index contributed by atoms with van der Waals surface area (Å²) in [4.78, 5) is 12.5. The van der Waals surface area contributed by atoms with E-state index in [1.165, 1.54) is 17.1 Å². The van der Waals surface area contributed by atoms with E-state index < -0.39 is 10.0 Å². The summed E-state index contributed by atoms with van der Waals surface area (Å²) in [7, 11) is -3.21. The molecule has 3 rings (SSSR count). The van der Waals surface area contributed by atoms with Crippen molar-refractivity contribution in [3.05, 3.63) is 29.8 Å². The smallest absolute Gasteiger partial charge is 0.251 e. The zero-order valence-electron chi connectivity index (χ0n) is 13.3. The highest BCUT2D eigenvalue weighted by molar-refractivity contribution is 7.93. The molecule has 2 fully saturated rings. The first kappa shape index (κ1) is 16.3. The Morgan fingerprint density at radius 1 is 1.09 bits per heavy atom. The van der Waals surface area contributed by atoms with Gasteiger partial charge >= 0.3 is 0 Å². The van der Waals surface area contributed by atoms with Crippen LogP contribution in [0.2, 0.25) is 0 Å². The number of benzene rings is 1. The Labute approximate surface area is 138 Å². The highest BCUT2D eigenvalue weighted by Crippen LogP contribution is 2.25. The molecular formula is C17H24N2O3S. The van der Waals surface area contributed by atoms with Crippen LogP contribution in [0, 0.1) is 0 Å². The number of carbonyl (C=O) groups excluding carboxylic acids is 1. The predicted octanol–water partition coefficient (Wildman–Crippen LogP) is 2.68. The van der Waals surface area contributed by atoms with Gasteiger partial charge in [-0.15, -0.1) is 0 Å². The molecule has 23 heavy (non-hydrogen) atoms. The lowest BCUT2D eigenvalue weighted by Gasteiger charge is -2.19. The third-order valence-corrected chi connectivity index (χ3v) is 6.56. The van der Waals surface area contributed by atoms with E-state index in [0.29, 0.717) is 24.2 Å². The van der Waals surface area contributed by atoms with Crippen LogP contribution in [0.5, 0.6) is 0 Å². The molecule has 1 N–H and O–H groups in total. The molecular weight excluding hydrogens is 312 g/mol. The van der Waals surface area contributed by atoms with E-state index in [1.807, 2.05) is 0 Å². The molecule has 5 nitrogen and oxygen atoms in total. The SMILES string of the molecule is O=C(NC1CCCCCC1)c1cccc(N2CCCS2(=O)=O)c1. The fourth-order valence-electron chi connectivity index (χ4n) is 3.42. The number of nitrogens with zero attached hydrogens (tertiary/aromatic N) is 1. The second kappa shape index (κ2) is 6.91. The van der Waals surface area contributed by atoms with Crippen LogP contribution in [-0.4, -0.2) is 32.7 Å². The third-order valence-electron chi connectivity index (χ3n) is 4.69. The van der Waals surface area contributed by atoms with Gasteiger partial charge in [0, 0.05) is 18.2 Å². The Hall–Kier alpha value is -1.56. The van der Waals surface area contributed by atoms with Crippen LogP contribution in [0.15, 0.2) is 24.3 Å². The van der Waals surface area contributed by atoms with E-state index >= 15 is 0 Å². The van der Waals surface area contributed by atoms with Gasteiger partial charge in [0.15, 0.2) is 0 Å². The van der Waals surface area contributed by atoms with Crippen molar-refractivity contribution in [1.29, 1.82) is 0 Å². The standard InChI is InChI=1S/C17H24N2O3S/c20-17(18-15-8-3-1-2-4-9-15)14-7-5-10-16(13-14)19-11-6-12-23(19,21)22/h5,7,10,13,15H,1-4,6,8-9,11-12H2,(H,18,20). The van der Waals surface area contributed by atoms with E-state index in [1.54, 1.807) is 24.3 Å². The van der Waals surface area contributed by atoms with Crippen LogP contribution in [0.4, 0.5) is 5.69 Å². The van der Waals surface area contributed by atoms with Crippen LogP contribution >= 0.6 is 0 Å². The van der Waals surface area contributed by atoms with Crippen molar-refractivity contribution in [3.63, 3.8) is 0 Å². The van der Waals surface area contributed by atoms with Crippen molar-refractivity contribution in [1.82, 2.24) is 5.32 Å². The Balaban J connectivity index is 1.72. The molecule has 126 valence electrons. The van der Waals surface area contributed by atoms with Crippen LogP contribution in [-0.2, 0) is 10.0 Å². The molecule has 1 saturated heterocycles. The summed E-state index contributed by atoms with van der Waals surface area (Å²) in [6, 6.07) is 7.19. The lowest BCUT2D eigenvalue weighted by Crippen LogP contribution is -2.34. The number of carbonyl (C=O) groups is 1. The fourth-order valence-corrected chi connectivity index (χ4v) is 4.98. The summed E-state index contributed by atoms with van der Waals surface area (Å²) >= 11 is 0. The maximum Gasteiger partial charge on any atom is 0.251 e. The number of sulfonamides is 1. The predicted molar refractivity (Wildman–Crippen MR) is 91.1 cm³/mol. The Kier molecular flexibility index (Phi) is 4.90. The van der Waals surface area contributed by atoms with E-state index in [0.717, 1.165) is 25.7 Å². The normalized spacial score (nSPS) is 21.8. The van der Waals surface area contributed by atoms with Crippen LogP contribution in [0.1, 0.15) is 55.3 Å². The first-order chi connectivity index (χ1) is 11.1. The van der Waals surface area contributed by atoms with Crippen molar-refractivity contribution in [3.8, 4) is 0 Å². The van der Waals surface area contributed by atoms with Gasteiger partial charge in [-0.3, -0.25) is 9.10 Å². The van der Waals surface area contributed by atoms with Crippen molar-refractivity contribution < 1.29 is 13.2 Å². The topological polar surface area (TPSA) is 66.5 Å². The molecule has 1 aromatic rings. The maximum absolute atomic E-state index is 12.5. The lowest BCUT2D eigenvalue weighted by molar-refractivity contribution is 0.0933. The summed E-state index contributed by atoms with van der Waals surface area (Å²) in [5.74, 6) is 0.0845. The van der Waals surface area contributed by atoms with Gasteiger partial charge in [0.1, 0.15) is 0 Å². The molecule has 0 aromatic heterocycles. The zero-order valence-corrected chi connectivity index (χ0v) is 14.1. The summed E-state index contributed by atoms with van der Waals surface area (Å²) < 4.78 is 25.5. The molecule has 0 atom stereocenters. The molecule has 1 aromatic carbocycles. The second-order valence-corrected chi connectivity index (χ2v) is 8.47. The van der Waals surface area contributed by atoms with Gasteiger partial charge in [-0.2, -0.15) is 0 Å². The van der Waals surface area contributed by atoms with E-state index in [4.69, 9.17) is 0 Å². The molecule has 0 radical (unpaired) electrons. The van der Waals surface area contributed by atoms with Gasteiger partial charge < -0.3 is 5.32 Å². The van der Waals surface area contributed by atoms with Crippen LogP contribution in [0.3, 0.4) is 0 Å². The van der Waals surface area contributed by atoms with Crippen molar-refractivity contribution in [2.75, 3.05) is 16.6 Å². The number of hydrogen-bond donors (Lipinski definition) is 1. The summed E-state index contributed by atoms with van der Waals surface area (Å²) in [5, 5.41) is 3.11. The molecule has 1 aliphatic heterocycles. The number of nitrogens with one attached hydrogen (secondary N) is 1. The van der Waals surface area contributed by atoms with Gasteiger partial charge in [0.2, 0.25) is 10.0 Å². The molecule has 0 spiro atoms. The molecule has 0 unspecified atom stereocenters. The average Bonchev–Trinajstić information content (AvgIpc) is 2.73. The molecule has 1 saturated carbocycles. The van der Waals surface area contributed by atoms with Gasteiger partial charge in [0.05, 0.1) is 11.4 Å². The zero-order chi connectivity index (χ0) is 16.3.